The molecule has 3 nitrogen and oxygen atoms in total. The molecule has 0 unspecified atom stereocenters. The average molecular weight is 329 g/mol. The minimum atomic E-state index is -0.936. The summed E-state index contributed by atoms with van der Waals surface area (Å²) in [7, 11) is 0. The molecule has 0 spiro atoms. The quantitative estimate of drug-likeness (QED) is 0.655. The summed E-state index contributed by atoms with van der Waals surface area (Å²) in [5.41, 5.74) is 4.04. The average Bonchev–Trinajstić information content (AvgIpc) is 2.66. The molecule has 0 aliphatic rings. The third-order valence-corrected chi connectivity index (χ3v) is 3.88. The van der Waals surface area contributed by atoms with Crippen LogP contribution < -0.4 is 5.32 Å². The van der Waals surface area contributed by atoms with Gasteiger partial charge in [-0.25, -0.2) is 4.79 Å². The Labute approximate surface area is 147 Å². The first kappa shape index (κ1) is 16.5. The van der Waals surface area contributed by atoms with Crippen LogP contribution in [0.25, 0.3) is 17.2 Å². The number of carboxylic acid groups (broad SMARTS) is 1. The van der Waals surface area contributed by atoms with E-state index >= 15 is 0 Å². The minimum absolute atomic E-state index is 0.271. The molecule has 124 valence electrons. The fraction of sp³-hybridized carbons (Fsp3) is 0.0455. The van der Waals surface area contributed by atoms with Crippen LogP contribution in [0.3, 0.4) is 0 Å². The molecule has 3 aromatic carbocycles. The number of hydrogen-bond donors (Lipinski definition) is 2. The number of aromatic carboxylic acids is 1. The van der Waals surface area contributed by atoms with Crippen LogP contribution in [0.5, 0.6) is 0 Å². The fourth-order valence-corrected chi connectivity index (χ4v) is 2.62. The summed E-state index contributed by atoms with van der Waals surface area (Å²) in [5, 5.41) is 12.6. The molecule has 0 aliphatic heterocycles. The van der Waals surface area contributed by atoms with Crippen molar-refractivity contribution in [2.75, 3.05) is 11.9 Å². The summed E-state index contributed by atoms with van der Waals surface area (Å²) < 4.78 is 0. The Kier molecular flexibility index (Phi) is 5.27. The van der Waals surface area contributed by atoms with E-state index in [0.717, 1.165) is 16.7 Å². The maximum absolute atomic E-state index is 11.5. The van der Waals surface area contributed by atoms with Gasteiger partial charge in [0.1, 0.15) is 0 Å². The Balaban J connectivity index is 1.78. The molecule has 0 amide bonds. The van der Waals surface area contributed by atoms with Crippen LogP contribution in [-0.4, -0.2) is 17.6 Å². The zero-order chi connectivity index (χ0) is 17.5. The number of carboxylic acids is 1. The third-order valence-electron chi connectivity index (χ3n) is 3.88. The van der Waals surface area contributed by atoms with Crippen molar-refractivity contribution in [1.82, 2.24) is 0 Å². The molecule has 3 rings (SSSR count). The van der Waals surface area contributed by atoms with Gasteiger partial charge in [0.25, 0.3) is 0 Å². The third kappa shape index (κ3) is 4.36. The predicted octanol–water partition coefficient (Wildman–Crippen LogP) is 5.18. The predicted molar refractivity (Wildman–Crippen MR) is 103 cm³/mol. The molecule has 2 N–H and O–H groups in total. The first-order chi connectivity index (χ1) is 12.2. The van der Waals surface area contributed by atoms with Crippen molar-refractivity contribution >= 4 is 17.7 Å². The smallest absolute Gasteiger partial charge is 0.337 e. The van der Waals surface area contributed by atoms with E-state index in [1.165, 1.54) is 0 Å². The van der Waals surface area contributed by atoms with Gasteiger partial charge < -0.3 is 10.4 Å². The second-order valence-electron chi connectivity index (χ2n) is 5.63. The topological polar surface area (TPSA) is 49.3 Å². The normalized spacial score (nSPS) is 10.7. The summed E-state index contributed by atoms with van der Waals surface area (Å²) in [6, 6.07) is 25.3. The van der Waals surface area contributed by atoms with E-state index in [-0.39, 0.29) is 5.56 Å². The largest absolute Gasteiger partial charge is 0.478 e. The number of benzene rings is 3. The molecule has 3 aromatic rings. The van der Waals surface area contributed by atoms with Crippen LogP contribution >= 0.6 is 0 Å². The molecular weight excluding hydrogens is 310 g/mol. The highest BCUT2D eigenvalue weighted by Crippen LogP contribution is 2.25. The first-order valence-corrected chi connectivity index (χ1v) is 8.12. The Morgan fingerprint density at radius 2 is 1.56 bits per heavy atom. The van der Waals surface area contributed by atoms with Crippen molar-refractivity contribution in [1.29, 1.82) is 0 Å². The Morgan fingerprint density at radius 1 is 0.880 bits per heavy atom. The minimum Gasteiger partial charge on any atom is -0.478 e. The van der Waals surface area contributed by atoms with E-state index in [1.54, 1.807) is 6.07 Å². The van der Waals surface area contributed by atoms with E-state index in [2.05, 4.69) is 5.32 Å². The molecule has 0 atom stereocenters. The van der Waals surface area contributed by atoms with Crippen molar-refractivity contribution < 1.29 is 9.90 Å². The Morgan fingerprint density at radius 3 is 2.24 bits per heavy atom. The molecule has 3 heteroatoms. The second kappa shape index (κ2) is 7.97. The standard InChI is InChI=1S/C22H19NO2/c24-22(25)20-14-13-19(18-11-5-2-6-12-18)16-21(20)23-15-7-10-17-8-3-1-4-9-17/h1-14,16,23H,15H2,(H,24,25). The zero-order valence-corrected chi connectivity index (χ0v) is 13.7. The van der Waals surface area contributed by atoms with E-state index in [0.29, 0.717) is 12.2 Å². The molecular formula is C22H19NO2. The van der Waals surface area contributed by atoms with Crippen molar-refractivity contribution in [3.05, 3.63) is 96.1 Å². The Bertz CT molecular complexity index is 871. The summed E-state index contributed by atoms with van der Waals surface area (Å²) in [6.07, 6.45) is 3.99. The lowest BCUT2D eigenvalue weighted by atomic mass is 10.0. The molecule has 0 heterocycles. The van der Waals surface area contributed by atoms with Gasteiger partial charge in [0.15, 0.2) is 0 Å². The maximum Gasteiger partial charge on any atom is 0.337 e. The van der Waals surface area contributed by atoms with Crippen LogP contribution in [0.2, 0.25) is 0 Å². The van der Waals surface area contributed by atoms with Gasteiger partial charge in [0.05, 0.1) is 5.56 Å². The van der Waals surface area contributed by atoms with Gasteiger partial charge in [-0.3, -0.25) is 0 Å². The SMILES string of the molecule is O=C(O)c1ccc(-c2ccccc2)cc1NCC=Cc1ccccc1. The molecule has 25 heavy (non-hydrogen) atoms. The lowest BCUT2D eigenvalue weighted by Crippen LogP contribution is -2.06. The summed E-state index contributed by atoms with van der Waals surface area (Å²) in [5.74, 6) is -0.936. The highest BCUT2D eigenvalue weighted by atomic mass is 16.4. The van der Waals surface area contributed by atoms with Gasteiger partial charge in [0, 0.05) is 12.2 Å². The lowest BCUT2D eigenvalue weighted by Gasteiger charge is -2.10. The van der Waals surface area contributed by atoms with E-state index in [9.17, 15) is 9.90 Å². The molecule has 0 bridgehead atoms. The van der Waals surface area contributed by atoms with E-state index < -0.39 is 5.97 Å². The zero-order valence-electron chi connectivity index (χ0n) is 13.7. The molecule has 0 aliphatic carbocycles. The van der Waals surface area contributed by atoms with E-state index in [1.807, 2.05) is 84.9 Å². The number of anilines is 1. The fourth-order valence-electron chi connectivity index (χ4n) is 2.62. The van der Waals surface area contributed by atoms with Crippen LogP contribution in [-0.2, 0) is 0 Å². The summed E-state index contributed by atoms with van der Waals surface area (Å²) in [6.45, 7) is 0.549. The highest BCUT2D eigenvalue weighted by molar-refractivity contribution is 5.95. The van der Waals surface area contributed by atoms with E-state index in [4.69, 9.17) is 0 Å². The van der Waals surface area contributed by atoms with Crippen LogP contribution in [0.15, 0.2) is 84.9 Å². The molecule has 0 saturated carbocycles. The monoisotopic (exact) mass is 329 g/mol. The van der Waals surface area contributed by atoms with Crippen LogP contribution in [0.4, 0.5) is 5.69 Å². The number of rotatable bonds is 6. The Hall–Kier alpha value is -3.33. The highest BCUT2D eigenvalue weighted by Gasteiger charge is 2.10. The van der Waals surface area contributed by atoms with Crippen molar-refractivity contribution in [2.24, 2.45) is 0 Å². The lowest BCUT2D eigenvalue weighted by molar-refractivity contribution is 0.0698. The summed E-state index contributed by atoms with van der Waals surface area (Å²) in [4.78, 5) is 11.5. The van der Waals surface area contributed by atoms with Crippen LogP contribution in [0.1, 0.15) is 15.9 Å². The number of carbonyl (C=O) groups is 1. The molecule has 0 aromatic heterocycles. The van der Waals surface area contributed by atoms with Crippen molar-refractivity contribution in [3.8, 4) is 11.1 Å². The van der Waals surface area contributed by atoms with Crippen LogP contribution in [0, 0.1) is 0 Å². The second-order valence-corrected chi connectivity index (χ2v) is 5.63. The van der Waals surface area contributed by atoms with Gasteiger partial charge in [0.2, 0.25) is 0 Å². The van der Waals surface area contributed by atoms with Crippen molar-refractivity contribution in [3.63, 3.8) is 0 Å². The van der Waals surface area contributed by atoms with Gasteiger partial charge in [-0.1, -0.05) is 78.9 Å². The summed E-state index contributed by atoms with van der Waals surface area (Å²) >= 11 is 0. The van der Waals surface area contributed by atoms with Crippen molar-refractivity contribution in [2.45, 2.75) is 0 Å². The molecule has 0 saturated heterocycles. The van der Waals surface area contributed by atoms with Gasteiger partial charge in [-0.2, -0.15) is 0 Å². The number of hydrogen-bond acceptors (Lipinski definition) is 2. The first-order valence-electron chi connectivity index (χ1n) is 8.12. The van der Waals surface area contributed by atoms with Gasteiger partial charge in [-0.15, -0.1) is 0 Å². The van der Waals surface area contributed by atoms with Gasteiger partial charge in [-0.05, 0) is 28.8 Å². The number of nitrogens with one attached hydrogen (secondary N) is 1. The maximum atomic E-state index is 11.5. The molecule has 0 radical (unpaired) electrons. The van der Waals surface area contributed by atoms with Gasteiger partial charge >= 0.3 is 5.97 Å². The molecule has 0 fully saturated rings.